The zero-order valence-corrected chi connectivity index (χ0v) is 19.4. The molecule has 1 saturated heterocycles. The summed E-state index contributed by atoms with van der Waals surface area (Å²) in [6.07, 6.45) is -0.870. The van der Waals surface area contributed by atoms with Crippen molar-refractivity contribution >= 4 is 11.6 Å². The fourth-order valence-electron chi connectivity index (χ4n) is 4.25. The molecule has 33 heavy (non-hydrogen) atoms. The van der Waals surface area contributed by atoms with Gasteiger partial charge in [-0.05, 0) is 46.4 Å². The lowest BCUT2D eigenvalue weighted by atomic mass is 9.80. The molecule has 0 radical (unpaired) electrons. The fourth-order valence-corrected chi connectivity index (χ4v) is 4.42. The highest BCUT2D eigenvalue weighted by atomic mass is 35.5. The minimum Gasteiger partial charge on any atom is -0.473 e. The van der Waals surface area contributed by atoms with Crippen LogP contribution in [-0.2, 0) is 5.41 Å². The maximum Gasteiger partial charge on any atom is 0.218 e. The van der Waals surface area contributed by atoms with Crippen LogP contribution in [-0.4, -0.2) is 51.9 Å². The van der Waals surface area contributed by atoms with E-state index in [9.17, 15) is 13.2 Å². The van der Waals surface area contributed by atoms with Crippen LogP contribution in [0.3, 0.4) is 0 Å². The Labute approximate surface area is 194 Å². The van der Waals surface area contributed by atoms with Crippen molar-refractivity contribution in [1.29, 1.82) is 0 Å². The molecule has 3 aromatic rings. The second-order valence-electron chi connectivity index (χ2n) is 8.81. The Balaban J connectivity index is 1.60. The predicted octanol–water partition coefficient (Wildman–Crippen LogP) is 5.20. The third-order valence-electron chi connectivity index (χ3n) is 6.03. The summed E-state index contributed by atoms with van der Waals surface area (Å²) in [6, 6.07) is 6.56. The number of alkyl halides is 1. The Hall–Kier alpha value is -2.65. The first-order valence-corrected chi connectivity index (χ1v) is 10.9. The van der Waals surface area contributed by atoms with Crippen LogP contribution in [0.15, 0.2) is 34.9 Å². The van der Waals surface area contributed by atoms with E-state index in [1.807, 2.05) is 18.9 Å². The monoisotopic (exact) mass is 480 g/mol. The summed E-state index contributed by atoms with van der Waals surface area (Å²) in [5.41, 5.74) is -0.955. The Bertz CT molecular complexity index is 1140. The minimum atomic E-state index is -1.13. The van der Waals surface area contributed by atoms with Gasteiger partial charge in [-0.1, -0.05) is 22.8 Å². The largest absolute Gasteiger partial charge is 0.473 e. The SMILES string of the molecule is C[C@H](Oc1cc(Cl)nc(-c2cc(C(C)(C)c3c(F)cccc3F)no2)n1)[C@@H]1C[C@H](F)CN1C. The molecule has 0 N–H and O–H groups in total. The van der Waals surface area contributed by atoms with Crippen molar-refractivity contribution in [3.63, 3.8) is 0 Å². The Morgan fingerprint density at radius 1 is 1.21 bits per heavy atom. The molecule has 176 valence electrons. The molecule has 3 atom stereocenters. The lowest BCUT2D eigenvalue weighted by Gasteiger charge is -2.25. The fraction of sp³-hybridized carbons (Fsp3) is 0.435. The summed E-state index contributed by atoms with van der Waals surface area (Å²) in [5, 5.41) is 4.12. The number of hydrogen-bond acceptors (Lipinski definition) is 6. The van der Waals surface area contributed by atoms with Gasteiger partial charge in [-0.25, -0.2) is 18.2 Å². The molecule has 0 spiro atoms. The van der Waals surface area contributed by atoms with Crippen LogP contribution < -0.4 is 4.74 Å². The topological polar surface area (TPSA) is 64.3 Å². The molecular formula is C23H24ClF3N4O2. The number of nitrogens with zero attached hydrogens (tertiary/aromatic N) is 4. The van der Waals surface area contributed by atoms with Crippen molar-refractivity contribution in [3.8, 4) is 17.5 Å². The molecule has 1 aromatic carbocycles. The van der Waals surface area contributed by atoms with E-state index < -0.39 is 23.2 Å². The predicted molar refractivity (Wildman–Crippen MR) is 117 cm³/mol. The molecule has 0 unspecified atom stereocenters. The van der Waals surface area contributed by atoms with E-state index in [0.29, 0.717) is 18.7 Å². The number of hydrogen-bond donors (Lipinski definition) is 0. The third-order valence-corrected chi connectivity index (χ3v) is 6.22. The third kappa shape index (κ3) is 4.70. The minimum absolute atomic E-state index is 0.106. The molecule has 1 aliphatic heterocycles. The van der Waals surface area contributed by atoms with E-state index in [-0.39, 0.29) is 40.3 Å². The summed E-state index contributed by atoms with van der Waals surface area (Å²) in [7, 11) is 1.85. The van der Waals surface area contributed by atoms with Gasteiger partial charge in [-0.3, -0.25) is 4.90 Å². The van der Waals surface area contributed by atoms with Gasteiger partial charge >= 0.3 is 0 Å². The van der Waals surface area contributed by atoms with Gasteiger partial charge < -0.3 is 9.26 Å². The van der Waals surface area contributed by atoms with Crippen LogP contribution in [0.5, 0.6) is 5.88 Å². The molecule has 0 bridgehead atoms. The first-order valence-electron chi connectivity index (χ1n) is 10.5. The summed E-state index contributed by atoms with van der Waals surface area (Å²) >= 11 is 6.17. The smallest absolute Gasteiger partial charge is 0.218 e. The van der Waals surface area contributed by atoms with Crippen LogP contribution in [0.25, 0.3) is 11.6 Å². The van der Waals surface area contributed by atoms with Gasteiger partial charge in [0.25, 0.3) is 0 Å². The van der Waals surface area contributed by atoms with E-state index in [4.69, 9.17) is 20.9 Å². The quantitative estimate of drug-likeness (QED) is 0.452. The van der Waals surface area contributed by atoms with Crippen LogP contribution in [0.2, 0.25) is 5.15 Å². The number of likely N-dealkylation sites (N-methyl/N-ethyl adjacent to an activating group) is 1. The summed E-state index contributed by atoms with van der Waals surface area (Å²) < 4.78 is 53.8. The molecule has 0 amide bonds. The Morgan fingerprint density at radius 3 is 2.55 bits per heavy atom. The molecule has 3 heterocycles. The van der Waals surface area contributed by atoms with Gasteiger partial charge in [0.05, 0.1) is 5.69 Å². The van der Waals surface area contributed by atoms with Gasteiger partial charge in [-0.15, -0.1) is 0 Å². The van der Waals surface area contributed by atoms with Crippen molar-refractivity contribution in [2.24, 2.45) is 0 Å². The molecule has 4 rings (SSSR count). The molecule has 6 nitrogen and oxygen atoms in total. The highest BCUT2D eigenvalue weighted by Crippen LogP contribution is 2.36. The number of rotatable bonds is 6. The van der Waals surface area contributed by atoms with E-state index in [2.05, 4.69) is 15.1 Å². The molecule has 2 aromatic heterocycles. The lowest BCUT2D eigenvalue weighted by Crippen LogP contribution is -2.38. The highest BCUT2D eigenvalue weighted by molar-refractivity contribution is 6.29. The standard InChI is InChI=1S/C23H24ClF3N4O2/c1-12(16-8-13(25)11-31(16)4)32-20-10-19(24)28-22(29-20)17-9-18(30-33-17)23(2,3)21-14(26)6-5-7-15(21)27/h5-7,9-10,12-13,16H,8,11H2,1-4H3/t12-,13-,16-/m0/s1. The van der Waals surface area contributed by atoms with Gasteiger partial charge in [0, 0.05) is 35.7 Å². The summed E-state index contributed by atoms with van der Waals surface area (Å²) in [6.45, 7) is 5.48. The molecule has 0 saturated carbocycles. The van der Waals surface area contributed by atoms with Crippen molar-refractivity contribution in [2.75, 3.05) is 13.6 Å². The molecule has 1 aliphatic rings. The van der Waals surface area contributed by atoms with E-state index >= 15 is 0 Å². The lowest BCUT2D eigenvalue weighted by molar-refractivity contribution is 0.117. The highest BCUT2D eigenvalue weighted by Gasteiger charge is 2.35. The second-order valence-corrected chi connectivity index (χ2v) is 9.20. The van der Waals surface area contributed by atoms with E-state index in [1.165, 1.54) is 30.3 Å². The van der Waals surface area contributed by atoms with Gasteiger partial charge in [0.2, 0.25) is 17.5 Å². The van der Waals surface area contributed by atoms with Crippen LogP contribution in [0.4, 0.5) is 13.2 Å². The first kappa shape index (κ1) is 23.5. The van der Waals surface area contributed by atoms with Gasteiger partial charge in [0.1, 0.15) is 29.1 Å². The average Bonchev–Trinajstić information content (AvgIpc) is 3.34. The van der Waals surface area contributed by atoms with Crippen LogP contribution in [0, 0.1) is 11.6 Å². The Morgan fingerprint density at radius 2 is 1.91 bits per heavy atom. The molecule has 1 fully saturated rings. The summed E-state index contributed by atoms with van der Waals surface area (Å²) in [4.78, 5) is 10.4. The second kappa shape index (κ2) is 8.95. The maximum absolute atomic E-state index is 14.4. The first-order chi connectivity index (χ1) is 15.6. The van der Waals surface area contributed by atoms with Gasteiger partial charge in [-0.2, -0.15) is 4.98 Å². The van der Waals surface area contributed by atoms with Crippen LogP contribution in [0.1, 0.15) is 38.4 Å². The Kier molecular flexibility index (Phi) is 6.37. The van der Waals surface area contributed by atoms with Crippen molar-refractivity contribution in [2.45, 2.75) is 50.9 Å². The van der Waals surface area contributed by atoms with Crippen molar-refractivity contribution < 1.29 is 22.4 Å². The van der Waals surface area contributed by atoms with Crippen molar-refractivity contribution in [3.05, 3.63) is 58.4 Å². The number of benzene rings is 1. The molecular weight excluding hydrogens is 457 g/mol. The van der Waals surface area contributed by atoms with E-state index in [1.54, 1.807) is 13.8 Å². The number of likely N-dealkylation sites (tertiary alicyclic amines) is 1. The van der Waals surface area contributed by atoms with Crippen molar-refractivity contribution in [1.82, 2.24) is 20.0 Å². The number of aromatic nitrogens is 3. The zero-order chi connectivity index (χ0) is 23.9. The summed E-state index contributed by atoms with van der Waals surface area (Å²) in [5.74, 6) is -0.889. The average molecular weight is 481 g/mol. The normalized spacial score (nSPS) is 20.2. The maximum atomic E-state index is 14.4. The van der Waals surface area contributed by atoms with Gasteiger partial charge in [0.15, 0.2) is 0 Å². The molecule has 0 aliphatic carbocycles. The molecule has 10 heteroatoms. The van der Waals surface area contributed by atoms with E-state index in [0.717, 1.165) is 0 Å². The number of halogens is 4. The zero-order valence-electron chi connectivity index (χ0n) is 18.7. The van der Waals surface area contributed by atoms with Crippen LogP contribution >= 0.6 is 11.6 Å². The number of ether oxygens (including phenoxy) is 1.